The molecule has 1 atom stereocenters. The van der Waals surface area contributed by atoms with E-state index < -0.39 is 19.9 Å². The van der Waals surface area contributed by atoms with Gasteiger partial charge < -0.3 is 14.9 Å². The Labute approximate surface area is 184 Å². The summed E-state index contributed by atoms with van der Waals surface area (Å²) in [5.74, 6) is -1.30. The van der Waals surface area contributed by atoms with Crippen molar-refractivity contribution in [1.29, 1.82) is 0 Å². The Kier molecular flexibility index (Phi) is 9.34. The van der Waals surface area contributed by atoms with Crippen molar-refractivity contribution < 1.29 is 28.8 Å². The number of aliphatic imine (C=N–C) groups is 1. The Morgan fingerprint density at radius 1 is 0.903 bits per heavy atom. The van der Waals surface area contributed by atoms with Gasteiger partial charge >= 0.3 is 13.8 Å². The van der Waals surface area contributed by atoms with Crippen molar-refractivity contribution in [3.8, 4) is 0 Å². The first-order chi connectivity index (χ1) is 14.8. The second kappa shape index (κ2) is 11.8. The van der Waals surface area contributed by atoms with Gasteiger partial charge in [0.25, 0.3) is 0 Å². The minimum absolute atomic E-state index is 0.0419. The number of phosphoric acid groups is 1. The van der Waals surface area contributed by atoms with Crippen molar-refractivity contribution in [3.05, 3.63) is 0 Å². The lowest BCUT2D eigenvalue weighted by molar-refractivity contribution is -0.143. The number of carboxylic acid groups (broad SMARTS) is 1. The van der Waals surface area contributed by atoms with E-state index in [1.165, 1.54) is 6.42 Å². The van der Waals surface area contributed by atoms with E-state index in [9.17, 15) is 24.3 Å². The molecule has 31 heavy (non-hydrogen) atoms. The topological polar surface area (TPSA) is 132 Å². The summed E-state index contributed by atoms with van der Waals surface area (Å²) in [7, 11) is -5.02. The normalized spacial score (nSPS) is 24.1. The Morgan fingerprint density at radius 3 is 1.94 bits per heavy atom. The van der Waals surface area contributed by atoms with E-state index in [-0.39, 0.29) is 24.0 Å². The minimum atomic E-state index is -5.02. The van der Waals surface area contributed by atoms with Crippen LogP contribution in [0.3, 0.4) is 0 Å². The first kappa shape index (κ1) is 24.6. The number of hydrogen-bond acceptors (Lipinski definition) is 5. The third-order valence-corrected chi connectivity index (χ3v) is 7.19. The van der Waals surface area contributed by atoms with Crippen molar-refractivity contribution in [2.45, 2.75) is 121 Å². The number of aliphatic carboxylic acids is 1. The number of phosphoric ester groups is 1. The van der Waals surface area contributed by atoms with E-state index in [1.807, 2.05) is 5.01 Å². The predicted octanol–water partition coefficient (Wildman–Crippen LogP) is 3.75. The van der Waals surface area contributed by atoms with Gasteiger partial charge in [-0.15, -0.1) is 0 Å². The van der Waals surface area contributed by atoms with Crippen molar-refractivity contribution >= 4 is 19.6 Å². The van der Waals surface area contributed by atoms with Crippen molar-refractivity contribution in [1.82, 2.24) is 10.4 Å². The van der Waals surface area contributed by atoms with Crippen LogP contribution in [0.5, 0.6) is 0 Å². The number of carboxylic acids is 1. The Morgan fingerprint density at radius 2 is 1.42 bits per heavy atom. The zero-order chi connectivity index (χ0) is 22.3. The van der Waals surface area contributed by atoms with Crippen LogP contribution in [0.4, 0.5) is 0 Å². The molecule has 9 nitrogen and oxygen atoms in total. The Bertz CT molecular complexity index is 652. The monoisotopic (exact) mass is 459 g/mol. The van der Waals surface area contributed by atoms with Crippen LogP contribution in [0.1, 0.15) is 96.3 Å². The molecule has 0 aliphatic heterocycles. The maximum absolute atomic E-state index is 12.1. The molecule has 3 fully saturated rings. The maximum atomic E-state index is 12.1. The number of nitrogens with one attached hydrogen (secondary N) is 1. The van der Waals surface area contributed by atoms with E-state index >= 15 is 0 Å². The molecular weight excluding hydrogens is 421 g/mol. The molecule has 3 aliphatic carbocycles. The number of rotatable bonds is 8. The quantitative estimate of drug-likeness (QED) is 0.187. The summed E-state index contributed by atoms with van der Waals surface area (Å²) in [6.07, 6.45) is 13.5. The number of nitrogens with zero attached hydrogens (tertiary/aromatic N) is 2. The fourth-order valence-corrected chi connectivity index (χ4v) is 5.58. The fraction of sp³-hybridized carbons (Fsp3) is 0.905. The first-order valence-corrected chi connectivity index (χ1v) is 13.5. The zero-order valence-corrected chi connectivity index (χ0v) is 19.2. The second-order valence-corrected chi connectivity index (χ2v) is 10.4. The summed E-state index contributed by atoms with van der Waals surface area (Å²) in [6.45, 7) is 0. The van der Waals surface area contributed by atoms with Gasteiger partial charge in [0.1, 0.15) is 0 Å². The second-order valence-electron chi connectivity index (χ2n) is 9.22. The van der Waals surface area contributed by atoms with Gasteiger partial charge in [0.15, 0.2) is 5.84 Å². The van der Waals surface area contributed by atoms with Crippen molar-refractivity contribution in [3.63, 3.8) is 0 Å². The molecule has 0 heterocycles. The number of hydrazine groups is 1. The summed E-state index contributed by atoms with van der Waals surface area (Å²) >= 11 is 0. The summed E-state index contributed by atoms with van der Waals surface area (Å²) in [5.41, 5.74) is 3.54. The van der Waals surface area contributed by atoms with Crippen LogP contribution in [0.2, 0.25) is 0 Å². The predicted molar refractivity (Wildman–Crippen MR) is 118 cm³/mol. The van der Waals surface area contributed by atoms with Gasteiger partial charge in [-0.25, -0.2) is 14.8 Å². The van der Waals surface area contributed by atoms with Crippen LogP contribution in [-0.2, 0) is 13.9 Å². The maximum Gasteiger partial charge on any atom is 0.470 e. The molecule has 3 rings (SSSR count). The van der Waals surface area contributed by atoms with E-state index in [1.54, 1.807) is 0 Å². The van der Waals surface area contributed by atoms with Crippen molar-refractivity contribution in [2.75, 3.05) is 0 Å². The molecule has 3 saturated carbocycles. The molecule has 0 aromatic rings. The molecule has 0 bridgehead atoms. The van der Waals surface area contributed by atoms with E-state index in [0.29, 0.717) is 0 Å². The SMILES string of the molecule is O=C(O)C(OP(=O)(O)O)C(=NC1CCCCC1)N(NC1CCCCC1)C1CCCCC1. The van der Waals surface area contributed by atoms with Crippen LogP contribution < -0.4 is 5.43 Å². The summed E-state index contributed by atoms with van der Waals surface area (Å²) in [4.78, 5) is 35.8. The summed E-state index contributed by atoms with van der Waals surface area (Å²) in [6, 6.07) is 0.196. The number of carbonyl (C=O) groups is 1. The van der Waals surface area contributed by atoms with Crippen LogP contribution in [0, 0.1) is 0 Å². The summed E-state index contributed by atoms with van der Waals surface area (Å²) < 4.78 is 16.5. The molecule has 1 unspecified atom stereocenters. The smallest absolute Gasteiger partial charge is 0.470 e. The van der Waals surface area contributed by atoms with Gasteiger partial charge in [0.05, 0.1) is 6.04 Å². The van der Waals surface area contributed by atoms with Crippen molar-refractivity contribution in [2.24, 2.45) is 4.99 Å². The molecule has 178 valence electrons. The molecule has 0 saturated heterocycles. The van der Waals surface area contributed by atoms with Gasteiger partial charge in [-0.1, -0.05) is 57.8 Å². The highest BCUT2D eigenvalue weighted by molar-refractivity contribution is 7.46. The van der Waals surface area contributed by atoms with Gasteiger partial charge in [0.2, 0.25) is 6.10 Å². The Hall–Kier alpha value is -0.990. The molecule has 0 aromatic heterocycles. The molecular formula is C21H38N3O6P. The highest BCUT2D eigenvalue weighted by atomic mass is 31.2. The average molecular weight is 460 g/mol. The van der Waals surface area contributed by atoms with Gasteiger partial charge in [-0.3, -0.25) is 14.5 Å². The lowest BCUT2D eigenvalue weighted by atomic mass is 9.93. The molecule has 0 spiro atoms. The third-order valence-electron chi connectivity index (χ3n) is 6.70. The molecule has 0 amide bonds. The fourth-order valence-electron chi connectivity index (χ4n) is 5.12. The number of hydrogen-bond donors (Lipinski definition) is 4. The van der Waals surface area contributed by atoms with Crippen LogP contribution in [0.25, 0.3) is 0 Å². The van der Waals surface area contributed by atoms with Gasteiger partial charge in [-0.2, -0.15) is 0 Å². The molecule has 0 aromatic carbocycles. The standard InChI is InChI=1S/C21H38N3O6P/c25-21(26)19(30-31(27,28)29)20(22-16-10-4-1-5-11-16)24(18-14-8-3-9-15-18)23-17-12-6-2-7-13-17/h16-19,23H,1-15H2,(H,25,26)(H2,27,28,29). The first-order valence-electron chi connectivity index (χ1n) is 11.9. The highest BCUT2D eigenvalue weighted by Crippen LogP contribution is 2.39. The van der Waals surface area contributed by atoms with Crippen LogP contribution >= 0.6 is 7.82 Å². The average Bonchev–Trinajstić information content (AvgIpc) is 2.76. The largest absolute Gasteiger partial charge is 0.479 e. The van der Waals surface area contributed by atoms with Crippen LogP contribution in [0.15, 0.2) is 4.99 Å². The number of amidine groups is 1. The van der Waals surface area contributed by atoms with Gasteiger partial charge in [0, 0.05) is 12.1 Å². The lowest BCUT2D eigenvalue weighted by Crippen LogP contribution is -2.59. The van der Waals surface area contributed by atoms with E-state index in [0.717, 1.165) is 89.9 Å². The highest BCUT2D eigenvalue weighted by Gasteiger charge is 2.39. The molecule has 4 N–H and O–H groups in total. The molecule has 10 heteroatoms. The summed E-state index contributed by atoms with van der Waals surface area (Å²) in [5, 5.41) is 11.7. The van der Waals surface area contributed by atoms with E-state index in [4.69, 9.17) is 9.52 Å². The van der Waals surface area contributed by atoms with E-state index in [2.05, 4.69) is 5.43 Å². The molecule has 0 radical (unpaired) electrons. The third kappa shape index (κ3) is 7.82. The minimum Gasteiger partial charge on any atom is -0.479 e. The zero-order valence-electron chi connectivity index (χ0n) is 18.3. The van der Waals surface area contributed by atoms with Crippen LogP contribution in [-0.4, -0.2) is 55.9 Å². The van der Waals surface area contributed by atoms with Gasteiger partial charge in [-0.05, 0) is 38.5 Å². The molecule has 3 aliphatic rings. The Balaban J connectivity index is 1.95. The lowest BCUT2D eigenvalue weighted by Gasteiger charge is -2.41.